The largest absolute Gasteiger partial charge is 0.301 e. The third-order valence-electron chi connectivity index (χ3n) is 3.91. The van der Waals surface area contributed by atoms with E-state index in [0.717, 1.165) is 22.4 Å². The smallest absolute Gasteiger partial charge is 0.271 e. The molecule has 26 heavy (non-hydrogen) atoms. The zero-order valence-corrected chi connectivity index (χ0v) is 13.7. The van der Waals surface area contributed by atoms with Crippen LogP contribution in [0.2, 0.25) is 0 Å². The van der Waals surface area contributed by atoms with Gasteiger partial charge in [-0.3, -0.25) is 25.7 Å². The van der Waals surface area contributed by atoms with Gasteiger partial charge in [0.05, 0.1) is 21.6 Å². The summed E-state index contributed by atoms with van der Waals surface area (Å²) in [6.45, 7) is 1.78. The number of anilines is 1. The van der Waals surface area contributed by atoms with Gasteiger partial charge in [0.15, 0.2) is 0 Å². The van der Waals surface area contributed by atoms with Crippen LogP contribution in [-0.4, -0.2) is 15.6 Å². The fraction of sp³-hybridized carbons (Fsp3) is 0.0556. The van der Waals surface area contributed by atoms with Crippen molar-refractivity contribution in [3.63, 3.8) is 0 Å². The Morgan fingerprint density at radius 3 is 2.42 bits per heavy atom. The van der Waals surface area contributed by atoms with Crippen molar-refractivity contribution in [3.8, 4) is 0 Å². The molecular weight excluding hydrogens is 336 g/mol. The zero-order valence-electron chi connectivity index (χ0n) is 13.7. The molecule has 0 aliphatic rings. The van der Waals surface area contributed by atoms with Gasteiger partial charge in [-0.1, -0.05) is 42.5 Å². The number of nitro benzene ring substituents is 2. The maximum Gasteiger partial charge on any atom is 0.301 e. The van der Waals surface area contributed by atoms with Gasteiger partial charge in [0.25, 0.3) is 5.69 Å². The van der Waals surface area contributed by atoms with Crippen LogP contribution in [0, 0.1) is 20.2 Å². The first-order valence-corrected chi connectivity index (χ1v) is 7.68. The molecule has 8 heteroatoms. The maximum absolute atomic E-state index is 11.2. The number of nitrogens with one attached hydrogen (secondary N) is 1. The first-order chi connectivity index (χ1) is 12.5. The molecule has 0 amide bonds. The van der Waals surface area contributed by atoms with Gasteiger partial charge in [0, 0.05) is 11.6 Å². The Morgan fingerprint density at radius 1 is 0.962 bits per heavy atom. The average molecular weight is 350 g/mol. The molecule has 8 nitrogen and oxygen atoms in total. The summed E-state index contributed by atoms with van der Waals surface area (Å²) in [5, 5.41) is 28.3. The number of benzene rings is 3. The van der Waals surface area contributed by atoms with E-state index in [1.54, 1.807) is 6.92 Å². The number of hydrazone groups is 1. The molecule has 0 aliphatic heterocycles. The van der Waals surface area contributed by atoms with Crippen molar-refractivity contribution in [1.82, 2.24) is 0 Å². The Morgan fingerprint density at radius 2 is 1.69 bits per heavy atom. The van der Waals surface area contributed by atoms with E-state index in [9.17, 15) is 20.2 Å². The Kier molecular flexibility index (Phi) is 4.57. The molecule has 0 fully saturated rings. The van der Waals surface area contributed by atoms with E-state index in [0.29, 0.717) is 5.71 Å². The monoisotopic (exact) mass is 350 g/mol. The molecule has 0 aromatic heterocycles. The van der Waals surface area contributed by atoms with Crippen LogP contribution in [0.5, 0.6) is 0 Å². The summed E-state index contributed by atoms with van der Waals surface area (Å²) >= 11 is 0. The molecule has 3 aromatic carbocycles. The number of nitro groups is 2. The quantitative estimate of drug-likeness (QED) is 0.414. The van der Waals surface area contributed by atoms with E-state index in [1.165, 1.54) is 12.1 Å². The summed E-state index contributed by atoms with van der Waals surface area (Å²) in [6, 6.07) is 17.0. The van der Waals surface area contributed by atoms with E-state index >= 15 is 0 Å². The lowest BCUT2D eigenvalue weighted by molar-refractivity contribution is -0.393. The Bertz CT molecular complexity index is 1040. The topological polar surface area (TPSA) is 111 Å². The molecule has 3 rings (SSSR count). The Labute approximate surface area is 148 Å². The van der Waals surface area contributed by atoms with Crippen LogP contribution in [0.4, 0.5) is 17.1 Å². The van der Waals surface area contributed by atoms with Crippen molar-refractivity contribution >= 4 is 33.5 Å². The number of fused-ring (bicyclic) bond motifs is 1. The van der Waals surface area contributed by atoms with Crippen molar-refractivity contribution < 1.29 is 9.85 Å². The molecule has 0 unspecified atom stereocenters. The molecule has 0 radical (unpaired) electrons. The Balaban J connectivity index is 1.96. The highest BCUT2D eigenvalue weighted by atomic mass is 16.6. The highest BCUT2D eigenvalue weighted by molar-refractivity contribution is 6.09. The first-order valence-electron chi connectivity index (χ1n) is 7.68. The van der Waals surface area contributed by atoms with Gasteiger partial charge in [-0.25, -0.2) is 0 Å². The molecule has 130 valence electrons. The highest BCUT2D eigenvalue weighted by Gasteiger charge is 2.19. The average Bonchev–Trinajstić information content (AvgIpc) is 2.65. The van der Waals surface area contributed by atoms with E-state index in [2.05, 4.69) is 10.5 Å². The second kappa shape index (κ2) is 6.98. The molecule has 3 aromatic rings. The van der Waals surface area contributed by atoms with E-state index < -0.39 is 15.5 Å². The van der Waals surface area contributed by atoms with E-state index in [4.69, 9.17) is 0 Å². The molecular formula is C18H14N4O4. The molecule has 0 spiro atoms. The predicted octanol–water partition coefficient (Wildman–Crippen LogP) is 4.49. The lowest BCUT2D eigenvalue weighted by Gasteiger charge is -2.07. The lowest BCUT2D eigenvalue weighted by atomic mass is 10.0. The van der Waals surface area contributed by atoms with Crippen molar-refractivity contribution in [2.45, 2.75) is 6.92 Å². The van der Waals surface area contributed by atoms with Crippen LogP contribution in [0.15, 0.2) is 65.8 Å². The van der Waals surface area contributed by atoms with E-state index in [1.807, 2.05) is 42.5 Å². The summed E-state index contributed by atoms with van der Waals surface area (Å²) in [6.07, 6.45) is 0. The van der Waals surface area contributed by atoms with Crippen LogP contribution >= 0.6 is 0 Å². The van der Waals surface area contributed by atoms with Crippen molar-refractivity contribution in [1.29, 1.82) is 0 Å². The molecule has 1 N–H and O–H groups in total. The van der Waals surface area contributed by atoms with Crippen LogP contribution < -0.4 is 5.43 Å². The molecule has 0 saturated heterocycles. The second-order valence-corrected chi connectivity index (χ2v) is 5.55. The van der Waals surface area contributed by atoms with Crippen LogP contribution in [-0.2, 0) is 0 Å². The number of hydrogen-bond acceptors (Lipinski definition) is 6. The summed E-state index contributed by atoms with van der Waals surface area (Å²) in [7, 11) is 0. The number of hydrogen-bond donors (Lipinski definition) is 1. The fourth-order valence-electron chi connectivity index (χ4n) is 2.62. The Hall–Kier alpha value is -3.81. The third kappa shape index (κ3) is 3.34. The molecule has 0 saturated carbocycles. The molecule has 0 aliphatic carbocycles. The lowest BCUT2D eigenvalue weighted by Crippen LogP contribution is -2.03. The minimum atomic E-state index is -0.682. The van der Waals surface area contributed by atoms with Crippen molar-refractivity contribution in [3.05, 3.63) is 86.5 Å². The van der Waals surface area contributed by atoms with Gasteiger partial charge >= 0.3 is 5.69 Å². The van der Waals surface area contributed by atoms with E-state index in [-0.39, 0.29) is 11.4 Å². The normalized spacial score (nSPS) is 11.3. The van der Waals surface area contributed by atoms with Crippen LogP contribution in [0.3, 0.4) is 0 Å². The SMILES string of the molecule is CC(=NNc1ccc([N+](=O)[O-])cc1[N+](=O)[O-])c1cccc2ccccc12. The summed E-state index contributed by atoms with van der Waals surface area (Å²) in [4.78, 5) is 20.6. The fourth-order valence-corrected chi connectivity index (χ4v) is 2.62. The van der Waals surface area contributed by atoms with Gasteiger partial charge in [0.2, 0.25) is 0 Å². The standard InChI is InChI=1S/C18H14N4O4/c1-12(15-8-4-6-13-5-2-3-7-16(13)15)19-20-17-10-9-14(21(23)24)11-18(17)22(25)26/h2-11,20H,1H3. The van der Waals surface area contributed by atoms with Gasteiger partial charge < -0.3 is 0 Å². The summed E-state index contributed by atoms with van der Waals surface area (Å²) < 4.78 is 0. The highest BCUT2D eigenvalue weighted by Crippen LogP contribution is 2.29. The van der Waals surface area contributed by atoms with Gasteiger partial charge in [-0.2, -0.15) is 5.10 Å². The van der Waals surface area contributed by atoms with Crippen molar-refractivity contribution in [2.75, 3.05) is 5.43 Å². The molecule has 0 heterocycles. The zero-order chi connectivity index (χ0) is 18.7. The molecule has 0 atom stereocenters. The predicted molar refractivity (Wildman–Crippen MR) is 99.5 cm³/mol. The van der Waals surface area contributed by atoms with Crippen LogP contribution in [0.1, 0.15) is 12.5 Å². The third-order valence-corrected chi connectivity index (χ3v) is 3.91. The minimum absolute atomic E-state index is 0.0835. The second-order valence-electron chi connectivity index (χ2n) is 5.55. The van der Waals surface area contributed by atoms with Gasteiger partial charge in [0.1, 0.15) is 5.69 Å². The maximum atomic E-state index is 11.2. The van der Waals surface area contributed by atoms with Crippen LogP contribution in [0.25, 0.3) is 10.8 Å². The first kappa shape index (κ1) is 17.0. The van der Waals surface area contributed by atoms with Gasteiger partial charge in [-0.15, -0.1) is 0 Å². The van der Waals surface area contributed by atoms with Gasteiger partial charge in [-0.05, 0) is 23.8 Å². The minimum Gasteiger partial charge on any atom is -0.271 e. The number of nitrogens with zero attached hydrogens (tertiary/aromatic N) is 3. The summed E-state index contributed by atoms with van der Waals surface area (Å²) in [5.74, 6) is 0. The summed E-state index contributed by atoms with van der Waals surface area (Å²) in [5.41, 5.74) is 3.50. The number of non-ortho nitro benzene ring substituents is 1. The number of rotatable bonds is 5. The van der Waals surface area contributed by atoms with Crippen molar-refractivity contribution in [2.24, 2.45) is 5.10 Å². The molecule has 0 bridgehead atoms.